The molecule has 1 fully saturated rings. The third-order valence-corrected chi connectivity index (χ3v) is 4.02. The number of amides is 1. The Bertz CT molecular complexity index is 323. The van der Waals surface area contributed by atoms with Crippen LogP contribution in [0, 0.1) is 0 Å². The Hall–Kier alpha value is -0.270. The first-order valence-corrected chi connectivity index (χ1v) is 7.89. The van der Waals surface area contributed by atoms with Gasteiger partial charge in [-0.25, -0.2) is 8.42 Å². The summed E-state index contributed by atoms with van der Waals surface area (Å²) in [6.45, 7) is 1.70. The van der Waals surface area contributed by atoms with Gasteiger partial charge in [0.2, 0.25) is 5.91 Å². The Kier molecular flexibility index (Phi) is 4.42. The van der Waals surface area contributed by atoms with E-state index < -0.39 is 9.84 Å². The van der Waals surface area contributed by atoms with Crippen LogP contribution in [0.2, 0.25) is 0 Å². The first-order valence-electron chi connectivity index (χ1n) is 4.68. The van der Waals surface area contributed by atoms with E-state index in [2.05, 4.69) is 10.6 Å². The second kappa shape index (κ2) is 5.18. The van der Waals surface area contributed by atoms with Crippen LogP contribution in [0.3, 0.4) is 0 Å². The largest absolute Gasteiger partial charge is 0.351 e. The molecule has 1 aliphatic rings. The molecule has 1 saturated heterocycles. The molecule has 2 atom stereocenters. The fraction of sp³-hybridized carbons (Fsp3) is 0.875. The summed E-state index contributed by atoms with van der Waals surface area (Å²) in [6, 6.07) is -0.517. The predicted molar refractivity (Wildman–Crippen MR) is 61.6 cm³/mol. The van der Waals surface area contributed by atoms with Crippen molar-refractivity contribution in [3.05, 3.63) is 0 Å². The van der Waals surface area contributed by atoms with Gasteiger partial charge in [0.15, 0.2) is 0 Å². The first kappa shape index (κ1) is 12.8. The summed E-state index contributed by atoms with van der Waals surface area (Å²) in [7, 11) is -3.03. The van der Waals surface area contributed by atoms with E-state index in [0.29, 0.717) is 0 Å². The van der Waals surface area contributed by atoms with E-state index in [9.17, 15) is 13.2 Å². The molecule has 2 N–H and O–H groups in total. The van der Waals surface area contributed by atoms with Crippen LogP contribution in [0.4, 0.5) is 0 Å². The van der Waals surface area contributed by atoms with Crippen molar-refractivity contribution in [3.63, 3.8) is 0 Å². The quantitative estimate of drug-likeness (QED) is 0.685. The molecule has 0 saturated carbocycles. The van der Waals surface area contributed by atoms with Crippen LogP contribution in [-0.2, 0) is 14.6 Å². The molecule has 1 amide bonds. The standard InChI is InChI=1S/C8H16N2O3S2/c1-6(4-15(2,12)13)10-8(11)7-3-14-5-9-7/h6-7,9H,3-5H2,1-2H3,(H,10,11). The van der Waals surface area contributed by atoms with Crippen molar-refractivity contribution < 1.29 is 13.2 Å². The highest BCUT2D eigenvalue weighted by atomic mass is 32.2. The maximum Gasteiger partial charge on any atom is 0.238 e. The third kappa shape index (κ3) is 4.85. The van der Waals surface area contributed by atoms with Gasteiger partial charge in [-0.05, 0) is 6.92 Å². The molecule has 0 bridgehead atoms. The van der Waals surface area contributed by atoms with Gasteiger partial charge in [-0.15, -0.1) is 11.8 Å². The number of hydrogen-bond acceptors (Lipinski definition) is 5. The second-order valence-electron chi connectivity index (χ2n) is 3.77. The van der Waals surface area contributed by atoms with E-state index in [-0.39, 0.29) is 23.7 Å². The second-order valence-corrected chi connectivity index (χ2v) is 6.99. The van der Waals surface area contributed by atoms with Crippen molar-refractivity contribution in [2.45, 2.75) is 19.0 Å². The molecule has 1 heterocycles. The third-order valence-electron chi connectivity index (χ3n) is 1.97. The fourth-order valence-corrected chi connectivity index (χ4v) is 3.34. The average molecular weight is 252 g/mol. The lowest BCUT2D eigenvalue weighted by molar-refractivity contribution is -0.122. The lowest BCUT2D eigenvalue weighted by Gasteiger charge is -2.15. The molecule has 0 spiro atoms. The molecule has 88 valence electrons. The van der Waals surface area contributed by atoms with Crippen LogP contribution in [-0.4, -0.2) is 50.0 Å². The zero-order valence-electron chi connectivity index (χ0n) is 8.82. The summed E-state index contributed by atoms with van der Waals surface area (Å²) < 4.78 is 21.9. The van der Waals surface area contributed by atoms with Crippen molar-refractivity contribution in [2.75, 3.05) is 23.6 Å². The average Bonchev–Trinajstić information content (AvgIpc) is 2.50. The van der Waals surface area contributed by atoms with Crippen molar-refractivity contribution in [1.29, 1.82) is 0 Å². The van der Waals surface area contributed by atoms with Gasteiger partial charge >= 0.3 is 0 Å². The molecule has 0 radical (unpaired) electrons. The van der Waals surface area contributed by atoms with E-state index in [0.717, 1.165) is 11.6 Å². The van der Waals surface area contributed by atoms with Gasteiger partial charge in [0.05, 0.1) is 11.8 Å². The Morgan fingerprint density at radius 3 is 2.80 bits per heavy atom. The number of carbonyl (C=O) groups is 1. The van der Waals surface area contributed by atoms with Gasteiger partial charge in [-0.3, -0.25) is 10.1 Å². The van der Waals surface area contributed by atoms with Crippen LogP contribution >= 0.6 is 11.8 Å². The number of thioether (sulfide) groups is 1. The zero-order chi connectivity index (χ0) is 11.5. The minimum atomic E-state index is -3.03. The molecular weight excluding hydrogens is 236 g/mol. The molecule has 0 aliphatic carbocycles. The normalized spacial score (nSPS) is 23.7. The Labute approximate surface area is 94.3 Å². The number of sulfone groups is 1. The SMILES string of the molecule is CC(CS(C)(=O)=O)NC(=O)C1CSCN1. The topological polar surface area (TPSA) is 75.3 Å². The van der Waals surface area contributed by atoms with Crippen molar-refractivity contribution >= 4 is 27.5 Å². The highest BCUT2D eigenvalue weighted by Crippen LogP contribution is 2.09. The Morgan fingerprint density at radius 2 is 2.33 bits per heavy atom. The van der Waals surface area contributed by atoms with Crippen LogP contribution in [0.1, 0.15) is 6.92 Å². The van der Waals surface area contributed by atoms with Crippen molar-refractivity contribution in [3.8, 4) is 0 Å². The van der Waals surface area contributed by atoms with Gasteiger partial charge in [0.25, 0.3) is 0 Å². The molecule has 1 aliphatic heterocycles. The van der Waals surface area contributed by atoms with Gasteiger partial charge < -0.3 is 5.32 Å². The molecule has 5 nitrogen and oxygen atoms in total. The highest BCUT2D eigenvalue weighted by Gasteiger charge is 2.24. The minimum Gasteiger partial charge on any atom is -0.351 e. The number of nitrogens with one attached hydrogen (secondary N) is 2. The van der Waals surface area contributed by atoms with E-state index in [4.69, 9.17) is 0 Å². The summed E-state index contributed by atoms with van der Waals surface area (Å²) >= 11 is 1.66. The first-order chi connectivity index (χ1) is 6.88. The summed E-state index contributed by atoms with van der Waals surface area (Å²) in [6.07, 6.45) is 1.17. The van der Waals surface area contributed by atoms with Crippen LogP contribution in [0.15, 0.2) is 0 Å². The molecule has 7 heteroatoms. The lowest BCUT2D eigenvalue weighted by atomic mass is 10.3. The van der Waals surface area contributed by atoms with Gasteiger partial charge in [-0.2, -0.15) is 0 Å². The number of carbonyl (C=O) groups excluding carboxylic acids is 1. The fourth-order valence-electron chi connectivity index (χ4n) is 1.40. The smallest absolute Gasteiger partial charge is 0.238 e. The zero-order valence-corrected chi connectivity index (χ0v) is 10.5. The van der Waals surface area contributed by atoms with E-state index in [1.807, 2.05) is 0 Å². The summed E-state index contributed by atoms with van der Waals surface area (Å²) in [5.74, 6) is 1.39. The minimum absolute atomic E-state index is 0.0153. The van der Waals surface area contributed by atoms with Gasteiger partial charge in [0.1, 0.15) is 9.84 Å². The highest BCUT2D eigenvalue weighted by molar-refractivity contribution is 7.99. The molecule has 15 heavy (non-hydrogen) atoms. The van der Waals surface area contributed by atoms with Crippen molar-refractivity contribution in [2.24, 2.45) is 0 Å². The maximum absolute atomic E-state index is 11.6. The summed E-state index contributed by atoms with van der Waals surface area (Å²) in [4.78, 5) is 11.6. The van der Waals surface area contributed by atoms with Crippen LogP contribution in [0.25, 0.3) is 0 Å². The molecule has 0 aromatic carbocycles. The van der Waals surface area contributed by atoms with Gasteiger partial charge in [0, 0.05) is 23.9 Å². The molecular formula is C8H16N2O3S2. The van der Waals surface area contributed by atoms with E-state index >= 15 is 0 Å². The van der Waals surface area contributed by atoms with E-state index in [1.165, 1.54) is 6.26 Å². The molecule has 0 aromatic rings. The maximum atomic E-state index is 11.6. The van der Waals surface area contributed by atoms with Gasteiger partial charge in [-0.1, -0.05) is 0 Å². The number of hydrogen-bond donors (Lipinski definition) is 2. The predicted octanol–water partition coefficient (Wildman–Crippen LogP) is -0.802. The monoisotopic (exact) mass is 252 g/mol. The summed E-state index contributed by atoms with van der Waals surface area (Å²) in [5.41, 5.74) is 0. The number of rotatable bonds is 4. The lowest BCUT2D eigenvalue weighted by Crippen LogP contribution is -2.47. The molecule has 1 rings (SSSR count). The van der Waals surface area contributed by atoms with Crippen molar-refractivity contribution in [1.82, 2.24) is 10.6 Å². The Balaban J connectivity index is 2.37. The van der Waals surface area contributed by atoms with Crippen LogP contribution in [0.5, 0.6) is 0 Å². The molecule has 0 aromatic heterocycles. The van der Waals surface area contributed by atoms with E-state index in [1.54, 1.807) is 18.7 Å². The Morgan fingerprint density at radius 1 is 1.67 bits per heavy atom. The van der Waals surface area contributed by atoms with Crippen LogP contribution < -0.4 is 10.6 Å². The molecule has 2 unspecified atom stereocenters. The summed E-state index contributed by atoms with van der Waals surface area (Å²) in [5, 5.41) is 5.71.